The molecule has 1 aromatic heterocycles. The summed E-state index contributed by atoms with van der Waals surface area (Å²) in [5.74, 6) is 0.228. The molecule has 2 rings (SSSR count). The van der Waals surface area contributed by atoms with Crippen molar-refractivity contribution < 1.29 is 9.21 Å². The van der Waals surface area contributed by atoms with E-state index in [1.165, 1.54) is 0 Å². The van der Waals surface area contributed by atoms with E-state index in [9.17, 15) is 4.79 Å². The Kier molecular flexibility index (Phi) is 1.39. The van der Waals surface area contributed by atoms with E-state index in [1.807, 2.05) is 12.1 Å². The highest BCUT2D eigenvalue weighted by Gasteiger charge is 2.16. The highest BCUT2D eigenvalue weighted by molar-refractivity contribution is 6.22. The number of ketones is 1. The van der Waals surface area contributed by atoms with Gasteiger partial charge in [-0.05, 0) is 12.5 Å². The Morgan fingerprint density at radius 1 is 1.45 bits per heavy atom. The molecule has 0 radical (unpaired) electrons. The highest BCUT2D eigenvalue weighted by Crippen LogP contribution is 2.24. The molecule has 56 valence electrons. The van der Waals surface area contributed by atoms with Crippen LogP contribution in [0.1, 0.15) is 18.4 Å². The van der Waals surface area contributed by atoms with Gasteiger partial charge in [-0.15, -0.1) is 0 Å². The van der Waals surface area contributed by atoms with Crippen molar-refractivity contribution in [2.24, 2.45) is 0 Å². The van der Waals surface area contributed by atoms with Crippen LogP contribution < -0.4 is 0 Å². The Morgan fingerprint density at radius 3 is 2.91 bits per heavy atom. The molecule has 1 aliphatic rings. The van der Waals surface area contributed by atoms with Crippen molar-refractivity contribution in [3.8, 4) is 0 Å². The van der Waals surface area contributed by atoms with Gasteiger partial charge < -0.3 is 4.42 Å². The first-order chi connectivity index (χ1) is 5.38. The first-order valence-corrected chi connectivity index (χ1v) is 3.64. The summed E-state index contributed by atoms with van der Waals surface area (Å²) in [7, 11) is 0. The van der Waals surface area contributed by atoms with Gasteiger partial charge in [-0.2, -0.15) is 0 Å². The molecule has 0 atom stereocenters. The maximum Gasteiger partial charge on any atom is 0.163 e. The molecule has 11 heavy (non-hydrogen) atoms. The quantitative estimate of drug-likeness (QED) is 0.610. The molecular weight excluding hydrogens is 140 g/mol. The van der Waals surface area contributed by atoms with Gasteiger partial charge >= 0.3 is 0 Å². The summed E-state index contributed by atoms with van der Waals surface area (Å²) in [6.45, 7) is 0. The van der Waals surface area contributed by atoms with Crippen LogP contribution in [0.4, 0.5) is 0 Å². The third kappa shape index (κ3) is 1.00. The summed E-state index contributed by atoms with van der Waals surface area (Å²) in [6.07, 6.45) is 6.68. The Balaban J connectivity index is 2.37. The van der Waals surface area contributed by atoms with Gasteiger partial charge in [-0.1, -0.05) is 6.08 Å². The summed E-state index contributed by atoms with van der Waals surface area (Å²) in [6, 6.07) is 1.81. The van der Waals surface area contributed by atoms with Gasteiger partial charge in [0.05, 0.1) is 12.5 Å². The minimum Gasteiger partial charge on any atom is -0.472 e. The van der Waals surface area contributed by atoms with Gasteiger partial charge in [0.2, 0.25) is 0 Å². The Bertz CT molecular complexity index is 293. The zero-order chi connectivity index (χ0) is 7.68. The molecule has 0 fully saturated rings. The number of rotatable bonds is 1. The van der Waals surface area contributed by atoms with Gasteiger partial charge in [0.25, 0.3) is 0 Å². The fourth-order valence-corrected chi connectivity index (χ4v) is 1.29. The van der Waals surface area contributed by atoms with Crippen LogP contribution in [0.5, 0.6) is 0 Å². The maximum atomic E-state index is 11.2. The smallest absolute Gasteiger partial charge is 0.163 e. The molecule has 0 saturated heterocycles. The number of carbonyl (C=O) groups is 1. The Morgan fingerprint density at radius 2 is 2.36 bits per heavy atom. The number of Topliss-reactive ketones (excluding diaryl/α,β-unsaturated/α-hetero) is 1. The number of carbonyl (C=O) groups excluding carboxylic acids is 1. The number of furan rings is 1. The van der Waals surface area contributed by atoms with E-state index in [-0.39, 0.29) is 5.78 Å². The minimum absolute atomic E-state index is 0.228. The lowest BCUT2D eigenvalue weighted by atomic mass is 10.1. The average Bonchev–Trinajstić information content (AvgIpc) is 2.55. The fourth-order valence-electron chi connectivity index (χ4n) is 1.29. The van der Waals surface area contributed by atoms with Crippen LogP contribution in [0.2, 0.25) is 0 Å². The molecular formula is C9H8O2. The van der Waals surface area contributed by atoms with Gasteiger partial charge in [0, 0.05) is 17.6 Å². The molecule has 1 aromatic rings. The summed E-state index contributed by atoms with van der Waals surface area (Å²) < 4.78 is 4.88. The zero-order valence-electron chi connectivity index (χ0n) is 6.04. The van der Waals surface area contributed by atoms with Crippen molar-refractivity contribution >= 4 is 11.4 Å². The van der Waals surface area contributed by atoms with E-state index in [4.69, 9.17) is 4.42 Å². The Labute approximate surface area is 64.5 Å². The van der Waals surface area contributed by atoms with Crippen molar-refractivity contribution in [2.75, 3.05) is 0 Å². The van der Waals surface area contributed by atoms with Crippen LogP contribution in [-0.2, 0) is 4.79 Å². The van der Waals surface area contributed by atoms with Crippen LogP contribution in [0.3, 0.4) is 0 Å². The lowest BCUT2D eigenvalue weighted by Gasteiger charge is -1.92. The number of hydrogen-bond donors (Lipinski definition) is 0. The van der Waals surface area contributed by atoms with E-state index in [0.717, 1.165) is 17.6 Å². The first-order valence-electron chi connectivity index (χ1n) is 3.64. The van der Waals surface area contributed by atoms with E-state index >= 15 is 0 Å². The SMILES string of the molecule is O=C1CCC=C1c1ccoc1. The molecule has 1 aliphatic carbocycles. The standard InChI is InChI=1S/C9H8O2/c10-9-3-1-2-8(9)7-4-5-11-6-7/h2,4-6H,1,3H2. The molecule has 1 heterocycles. The van der Waals surface area contributed by atoms with Crippen LogP contribution >= 0.6 is 0 Å². The second-order valence-electron chi connectivity index (χ2n) is 2.59. The molecule has 0 aromatic carbocycles. The normalized spacial score (nSPS) is 17.1. The molecule has 0 aliphatic heterocycles. The van der Waals surface area contributed by atoms with Crippen molar-refractivity contribution in [2.45, 2.75) is 12.8 Å². The van der Waals surface area contributed by atoms with Crippen molar-refractivity contribution in [3.63, 3.8) is 0 Å². The predicted octanol–water partition coefficient (Wildman–Crippen LogP) is 2.03. The van der Waals surface area contributed by atoms with Crippen LogP contribution in [0.25, 0.3) is 5.57 Å². The van der Waals surface area contributed by atoms with E-state index in [2.05, 4.69) is 0 Å². The monoisotopic (exact) mass is 148 g/mol. The average molecular weight is 148 g/mol. The topological polar surface area (TPSA) is 30.2 Å². The third-order valence-corrected chi connectivity index (χ3v) is 1.85. The lowest BCUT2D eigenvalue weighted by Crippen LogP contribution is -1.92. The molecule has 0 unspecified atom stereocenters. The molecule has 0 spiro atoms. The second-order valence-corrected chi connectivity index (χ2v) is 2.59. The molecule has 0 bridgehead atoms. The molecule has 0 amide bonds. The maximum absolute atomic E-state index is 11.2. The van der Waals surface area contributed by atoms with Gasteiger partial charge in [0.15, 0.2) is 5.78 Å². The fraction of sp³-hybridized carbons (Fsp3) is 0.222. The summed E-state index contributed by atoms with van der Waals surface area (Å²) in [5.41, 5.74) is 1.73. The summed E-state index contributed by atoms with van der Waals surface area (Å²) in [5, 5.41) is 0. The van der Waals surface area contributed by atoms with Gasteiger partial charge in [0.1, 0.15) is 0 Å². The largest absolute Gasteiger partial charge is 0.472 e. The molecule has 2 heteroatoms. The second kappa shape index (κ2) is 2.38. The summed E-state index contributed by atoms with van der Waals surface area (Å²) in [4.78, 5) is 11.2. The predicted molar refractivity (Wildman–Crippen MR) is 40.9 cm³/mol. The van der Waals surface area contributed by atoms with Crippen LogP contribution in [0.15, 0.2) is 29.1 Å². The number of hydrogen-bond acceptors (Lipinski definition) is 2. The Hall–Kier alpha value is -1.31. The zero-order valence-corrected chi connectivity index (χ0v) is 6.04. The van der Waals surface area contributed by atoms with Gasteiger partial charge in [-0.3, -0.25) is 4.79 Å². The van der Waals surface area contributed by atoms with Crippen LogP contribution in [-0.4, -0.2) is 5.78 Å². The van der Waals surface area contributed by atoms with E-state index in [0.29, 0.717) is 6.42 Å². The molecule has 0 saturated carbocycles. The molecule has 2 nitrogen and oxygen atoms in total. The summed E-state index contributed by atoms with van der Waals surface area (Å²) >= 11 is 0. The van der Waals surface area contributed by atoms with Crippen molar-refractivity contribution in [1.82, 2.24) is 0 Å². The van der Waals surface area contributed by atoms with Crippen LogP contribution in [0, 0.1) is 0 Å². The number of allylic oxidation sites excluding steroid dienone is 2. The first kappa shape index (κ1) is 6.40. The van der Waals surface area contributed by atoms with E-state index < -0.39 is 0 Å². The van der Waals surface area contributed by atoms with Crippen molar-refractivity contribution in [1.29, 1.82) is 0 Å². The highest BCUT2D eigenvalue weighted by atomic mass is 16.3. The van der Waals surface area contributed by atoms with Gasteiger partial charge in [-0.25, -0.2) is 0 Å². The van der Waals surface area contributed by atoms with Crippen molar-refractivity contribution in [3.05, 3.63) is 30.2 Å². The lowest BCUT2D eigenvalue weighted by molar-refractivity contribution is -0.113. The third-order valence-electron chi connectivity index (χ3n) is 1.85. The van der Waals surface area contributed by atoms with E-state index in [1.54, 1.807) is 12.5 Å². The minimum atomic E-state index is 0.228. The molecule has 0 N–H and O–H groups in total.